The van der Waals surface area contributed by atoms with Gasteiger partial charge in [0.25, 0.3) is 0 Å². The molecule has 0 amide bonds. The smallest absolute Gasteiger partial charge is 0.211 e. The first-order valence-electron chi connectivity index (χ1n) is 6.18. The molecule has 0 radical (unpaired) electrons. The lowest BCUT2D eigenvalue weighted by atomic mass is 10.0. The Hall–Kier alpha value is -0.520. The molecule has 5 heteroatoms. The lowest BCUT2D eigenvalue weighted by Crippen LogP contribution is -2.39. The van der Waals surface area contributed by atoms with Crippen LogP contribution < -0.4 is 0 Å². The summed E-state index contributed by atoms with van der Waals surface area (Å²) >= 11 is 1.82. The summed E-state index contributed by atoms with van der Waals surface area (Å²) < 4.78 is 24.7. The largest absolute Gasteiger partial charge is 0.213 e. The highest BCUT2D eigenvalue weighted by Crippen LogP contribution is 2.26. The van der Waals surface area contributed by atoms with E-state index < -0.39 is 10.0 Å². The van der Waals surface area contributed by atoms with Crippen LogP contribution in [0.5, 0.6) is 0 Å². The summed E-state index contributed by atoms with van der Waals surface area (Å²) in [4.78, 5) is 1.26. The van der Waals surface area contributed by atoms with Gasteiger partial charge in [-0.25, -0.2) is 12.7 Å². The van der Waals surface area contributed by atoms with E-state index in [0.717, 1.165) is 18.6 Å². The predicted molar refractivity (Wildman–Crippen MR) is 76.3 cm³/mol. The van der Waals surface area contributed by atoms with Crippen molar-refractivity contribution >= 4 is 21.8 Å². The van der Waals surface area contributed by atoms with Crippen LogP contribution in [0, 0.1) is 5.92 Å². The lowest BCUT2D eigenvalue weighted by Gasteiger charge is -2.30. The van der Waals surface area contributed by atoms with E-state index in [2.05, 4.69) is 12.1 Å². The van der Waals surface area contributed by atoms with Crippen molar-refractivity contribution in [2.24, 2.45) is 5.92 Å². The Kier molecular flexibility index (Phi) is 4.70. The van der Waals surface area contributed by atoms with Crippen LogP contribution in [0.4, 0.5) is 0 Å². The number of sulfonamides is 1. The van der Waals surface area contributed by atoms with E-state index in [0.29, 0.717) is 19.0 Å². The average Bonchev–Trinajstić information content (AvgIpc) is 2.37. The van der Waals surface area contributed by atoms with Gasteiger partial charge in [0.05, 0.1) is 6.26 Å². The van der Waals surface area contributed by atoms with Crippen molar-refractivity contribution in [3.8, 4) is 0 Å². The first kappa shape index (κ1) is 13.9. The second kappa shape index (κ2) is 6.08. The molecule has 0 saturated carbocycles. The monoisotopic (exact) mass is 285 g/mol. The molecule has 0 aromatic heterocycles. The van der Waals surface area contributed by atoms with E-state index in [1.807, 2.05) is 30.0 Å². The third kappa shape index (κ3) is 4.00. The molecule has 18 heavy (non-hydrogen) atoms. The Morgan fingerprint density at radius 1 is 1.33 bits per heavy atom. The summed E-state index contributed by atoms with van der Waals surface area (Å²) in [6.07, 6.45) is 3.42. The summed E-state index contributed by atoms with van der Waals surface area (Å²) in [6, 6.07) is 10.3. The first-order valence-corrected chi connectivity index (χ1v) is 9.02. The molecule has 1 fully saturated rings. The Balaban J connectivity index is 1.87. The fourth-order valence-corrected chi connectivity index (χ4v) is 4.19. The molecule has 0 N–H and O–H groups in total. The summed E-state index contributed by atoms with van der Waals surface area (Å²) in [5.74, 6) is 1.47. The molecular formula is C13H19NO2S2. The molecule has 2 rings (SSSR count). The summed E-state index contributed by atoms with van der Waals surface area (Å²) in [7, 11) is -3.02. The normalized spacial score (nSPS) is 21.9. The van der Waals surface area contributed by atoms with Gasteiger partial charge in [-0.05, 0) is 30.9 Å². The first-order chi connectivity index (χ1) is 8.55. The maximum absolute atomic E-state index is 11.5. The number of rotatable bonds is 4. The van der Waals surface area contributed by atoms with Crippen LogP contribution in [0.3, 0.4) is 0 Å². The maximum atomic E-state index is 11.5. The Morgan fingerprint density at radius 2 is 2.06 bits per heavy atom. The van der Waals surface area contributed by atoms with Gasteiger partial charge in [0.2, 0.25) is 10.0 Å². The van der Waals surface area contributed by atoms with E-state index in [-0.39, 0.29) is 0 Å². The molecule has 0 aliphatic carbocycles. The Labute approximate surface area is 114 Å². The molecule has 0 spiro atoms. The van der Waals surface area contributed by atoms with Crippen LogP contribution in [0.1, 0.15) is 12.8 Å². The summed E-state index contributed by atoms with van der Waals surface area (Å²) in [6.45, 7) is 1.37. The van der Waals surface area contributed by atoms with Crippen molar-refractivity contribution in [1.82, 2.24) is 4.31 Å². The number of thioether (sulfide) groups is 1. The maximum Gasteiger partial charge on any atom is 0.211 e. The highest BCUT2D eigenvalue weighted by molar-refractivity contribution is 7.99. The quantitative estimate of drug-likeness (QED) is 0.798. The van der Waals surface area contributed by atoms with E-state index in [4.69, 9.17) is 0 Å². The minimum atomic E-state index is -3.02. The van der Waals surface area contributed by atoms with Gasteiger partial charge < -0.3 is 0 Å². The second-order valence-electron chi connectivity index (χ2n) is 4.75. The zero-order valence-electron chi connectivity index (χ0n) is 10.6. The zero-order valence-corrected chi connectivity index (χ0v) is 12.2. The third-order valence-electron chi connectivity index (χ3n) is 3.18. The topological polar surface area (TPSA) is 37.4 Å². The van der Waals surface area contributed by atoms with E-state index in [9.17, 15) is 8.42 Å². The van der Waals surface area contributed by atoms with Crippen molar-refractivity contribution in [1.29, 1.82) is 0 Å². The molecule has 1 unspecified atom stereocenters. The highest BCUT2D eigenvalue weighted by Gasteiger charge is 2.25. The molecule has 1 atom stereocenters. The zero-order chi connectivity index (χ0) is 13.0. The molecule has 1 aliphatic heterocycles. The summed E-state index contributed by atoms with van der Waals surface area (Å²) in [5.41, 5.74) is 0. The molecular weight excluding hydrogens is 266 g/mol. The fraction of sp³-hybridized carbons (Fsp3) is 0.538. The standard InChI is InChI=1S/C13H19NO2S2/c1-18(15,16)14-9-5-6-12(10-14)11-17-13-7-3-2-4-8-13/h2-4,7-8,12H,5-6,9-11H2,1H3. The van der Waals surface area contributed by atoms with Crippen molar-refractivity contribution in [2.45, 2.75) is 17.7 Å². The van der Waals surface area contributed by atoms with Crippen LogP contribution in [-0.2, 0) is 10.0 Å². The third-order valence-corrected chi connectivity index (χ3v) is 5.69. The van der Waals surface area contributed by atoms with E-state index in [1.54, 1.807) is 4.31 Å². The van der Waals surface area contributed by atoms with Gasteiger partial charge in [0.15, 0.2) is 0 Å². The van der Waals surface area contributed by atoms with Gasteiger partial charge in [-0.2, -0.15) is 0 Å². The van der Waals surface area contributed by atoms with Gasteiger partial charge in [-0.1, -0.05) is 18.2 Å². The van der Waals surface area contributed by atoms with E-state index in [1.165, 1.54) is 11.2 Å². The summed E-state index contributed by atoms with van der Waals surface area (Å²) in [5, 5.41) is 0. The van der Waals surface area contributed by atoms with Crippen molar-refractivity contribution in [3.05, 3.63) is 30.3 Å². The van der Waals surface area contributed by atoms with Crippen LogP contribution in [0.15, 0.2) is 35.2 Å². The molecule has 1 aromatic carbocycles. The second-order valence-corrected chi connectivity index (χ2v) is 7.83. The van der Waals surface area contributed by atoms with Crippen molar-refractivity contribution in [3.63, 3.8) is 0 Å². The Bertz CT molecular complexity index is 473. The van der Waals surface area contributed by atoms with Gasteiger partial charge in [0, 0.05) is 23.7 Å². The van der Waals surface area contributed by atoms with Gasteiger partial charge in [-0.3, -0.25) is 0 Å². The highest BCUT2D eigenvalue weighted by atomic mass is 32.2. The van der Waals surface area contributed by atoms with Gasteiger partial charge >= 0.3 is 0 Å². The lowest BCUT2D eigenvalue weighted by molar-refractivity contribution is 0.286. The molecule has 3 nitrogen and oxygen atoms in total. The minimum absolute atomic E-state index is 0.471. The minimum Gasteiger partial charge on any atom is -0.213 e. The van der Waals surface area contributed by atoms with Crippen LogP contribution >= 0.6 is 11.8 Å². The van der Waals surface area contributed by atoms with Crippen LogP contribution in [0.2, 0.25) is 0 Å². The molecule has 1 saturated heterocycles. The number of piperidine rings is 1. The van der Waals surface area contributed by atoms with Crippen LogP contribution in [-0.4, -0.2) is 37.8 Å². The molecule has 1 aliphatic rings. The number of hydrogen-bond acceptors (Lipinski definition) is 3. The molecule has 100 valence electrons. The van der Waals surface area contributed by atoms with E-state index >= 15 is 0 Å². The van der Waals surface area contributed by atoms with Gasteiger partial charge in [0.1, 0.15) is 0 Å². The van der Waals surface area contributed by atoms with Crippen molar-refractivity contribution in [2.75, 3.05) is 25.1 Å². The fourth-order valence-electron chi connectivity index (χ4n) is 2.19. The van der Waals surface area contributed by atoms with Crippen LogP contribution in [0.25, 0.3) is 0 Å². The van der Waals surface area contributed by atoms with Crippen molar-refractivity contribution < 1.29 is 8.42 Å². The molecule has 1 aromatic rings. The SMILES string of the molecule is CS(=O)(=O)N1CCCC(CSc2ccccc2)C1. The predicted octanol–water partition coefficient (Wildman–Crippen LogP) is 2.45. The molecule has 1 heterocycles. The molecule has 0 bridgehead atoms. The van der Waals surface area contributed by atoms with Gasteiger partial charge in [-0.15, -0.1) is 11.8 Å². The number of benzene rings is 1. The number of hydrogen-bond donors (Lipinski definition) is 0. The average molecular weight is 285 g/mol. The number of nitrogens with zero attached hydrogens (tertiary/aromatic N) is 1. The Morgan fingerprint density at radius 3 is 2.72 bits per heavy atom.